The minimum absolute atomic E-state index is 0.683. The van der Waals surface area contributed by atoms with Crippen molar-refractivity contribution in [3.8, 4) is 5.75 Å². The van der Waals surface area contributed by atoms with Crippen LogP contribution in [-0.2, 0) is 0 Å². The first-order chi connectivity index (χ1) is 11.6. The number of hydrogen-bond acceptors (Lipinski definition) is 4. The largest absolute Gasteiger partial charge is 0.496 e. The molecule has 0 saturated carbocycles. The van der Waals surface area contributed by atoms with Crippen LogP contribution in [0.25, 0.3) is 0 Å². The summed E-state index contributed by atoms with van der Waals surface area (Å²) in [4.78, 5) is 4.99. The lowest BCUT2D eigenvalue weighted by Gasteiger charge is -2.39. The van der Waals surface area contributed by atoms with Gasteiger partial charge in [-0.1, -0.05) is 33.3 Å². The zero-order chi connectivity index (χ0) is 17.9. The van der Waals surface area contributed by atoms with Crippen molar-refractivity contribution in [2.75, 3.05) is 44.7 Å². The van der Waals surface area contributed by atoms with Crippen molar-refractivity contribution >= 4 is 5.69 Å². The summed E-state index contributed by atoms with van der Waals surface area (Å²) in [7, 11) is 1.74. The van der Waals surface area contributed by atoms with Gasteiger partial charge in [0.2, 0.25) is 0 Å². The van der Waals surface area contributed by atoms with E-state index in [1.54, 1.807) is 7.11 Å². The van der Waals surface area contributed by atoms with Crippen LogP contribution in [0.15, 0.2) is 18.2 Å². The standard InChI is InChI=1S/C17H29N3O.C3H8/c1-4-19(12-9-18)15-7-10-20(11-8-15)16-6-5-14(2)17(13-16)21-3;1-3-2/h5-6,13,15H,4,7-12,18H2,1-3H3;3H2,1-2H3. The van der Waals surface area contributed by atoms with E-state index in [0.29, 0.717) is 6.04 Å². The summed E-state index contributed by atoms with van der Waals surface area (Å²) in [5.41, 5.74) is 8.18. The number of likely N-dealkylation sites (N-methyl/N-ethyl adjacent to an activating group) is 1. The van der Waals surface area contributed by atoms with Gasteiger partial charge in [0, 0.05) is 44.0 Å². The Kier molecular flexibility index (Phi) is 9.80. The molecule has 138 valence electrons. The van der Waals surface area contributed by atoms with Crippen LogP contribution in [0.1, 0.15) is 45.6 Å². The first kappa shape index (κ1) is 20.8. The van der Waals surface area contributed by atoms with Crippen LogP contribution in [0.2, 0.25) is 0 Å². The molecule has 4 heteroatoms. The van der Waals surface area contributed by atoms with Crippen molar-refractivity contribution in [2.45, 2.75) is 53.0 Å². The molecule has 0 unspecified atom stereocenters. The predicted octanol–water partition coefficient (Wildman–Crippen LogP) is 3.67. The number of anilines is 1. The fourth-order valence-corrected chi connectivity index (χ4v) is 3.26. The monoisotopic (exact) mass is 335 g/mol. The number of methoxy groups -OCH3 is 1. The Bertz CT molecular complexity index is 456. The second-order valence-corrected chi connectivity index (χ2v) is 6.50. The third-order valence-corrected chi connectivity index (χ3v) is 4.56. The highest BCUT2D eigenvalue weighted by Crippen LogP contribution is 2.28. The van der Waals surface area contributed by atoms with Crippen molar-refractivity contribution in [3.05, 3.63) is 23.8 Å². The van der Waals surface area contributed by atoms with E-state index >= 15 is 0 Å². The Labute approximate surface area is 149 Å². The van der Waals surface area contributed by atoms with Crippen molar-refractivity contribution in [1.29, 1.82) is 0 Å². The van der Waals surface area contributed by atoms with E-state index in [4.69, 9.17) is 10.5 Å². The Hall–Kier alpha value is -1.26. The molecule has 1 aliphatic heterocycles. The van der Waals surface area contributed by atoms with E-state index in [1.165, 1.54) is 30.5 Å². The van der Waals surface area contributed by atoms with E-state index in [0.717, 1.165) is 38.5 Å². The third kappa shape index (κ3) is 5.99. The Morgan fingerprint density at radius 3 is 2.33 bits per heavy atom. The summed E-state index contributed by atoms with van der Waals surface area (Å²) in [5, 5.41) is 0. The summed E-state index contributed by atoms with van der Waals surface area (Å²) in [6, 6.07) is 7.19. The normalized spacial score (nSPS) is 15.2. The maximum absolute atomic E-state index is 5.71. The fraction of sp³-hybridized carbons (Fsp3) is 0.700. The van der Waals surface area contributed by atoms with Crippen LogP contribution in [0.5, 0.6) is 5.75 Å². The molecule has 1 aliphatic rings. The summed E-state index contributed by atoms with van der Waals surface area (Å²) in [6.07, 6.45) is 3.67. The smallest absolute Gasteiger partial charge is 0.123 e. The summed E-state index contributed by atoms with van der Waals surface area (Å²) < 4.78 is 5.44. The molecule has 24 heavy (non-hydrogen) atoms. The molecule has 0 radical (unpaired) electrons. The van der Waals surface area contributed by atoms with Gasteiger partial charge in [0.25, 0.3) is 0 Å². The molecule has 0 aliphatic carbocycles. The molecular formula is C20H37N3O. The second-order valence-electron chi connectivity index (χ2n) is 6.50. The van der Waals surface area contributed by atoms with Gasteiger partial charge in [-0.05, 0) is 37.9 Å². The molecule has 4 nitrogen and oxygen atoms in total. The molecule has 1 aromatic rings. The molecule has 0 spiro atoms. The maximum Gasteiger partial charge on any atom is 0.123 e. The lowest BCUT2D eigenvalue weighted by atomic mass is 10.0. The van der Waals surface area contributed by atoms with Crippen molar-refractivity contribution < 1.29 is 4.74 Å². The fourth-order valence-electron chi connectivity index (χ4n) is 3.26. The number of nitrogens with zero attached hydrogens (tertiary/aromatic N) is 2. The summed E-state index contributed by atoms with van der Waals surface area (Å²) >= 11 is 0. The molecule has 1 aromatic carbocycles. The highest BCUT2D eigenvalue weighted by Gasteiger charge is 2.23. The number of benzene rings is 1. The van der Waals surface area contributed by atoms with E-state index in [9.17, 15) is 0 Å². The van der Waals surface area contributed by atoms with E-state index in [-0.39, 0.29) is 0 Å². The first-order valence-corrected chi connectivity index (χ1v) is 9.44. The third-order valence-electron chi connectivity index (χ3n) is 4.56. The van der Waals surface area contributed by atoms with Gasteiger partial charge in [-0.15, -0.1) is 0 Å². The average Bonchev–Trinajstić information content (AvgIpc) is 2.61. The van der Waals surface area contributed by atoms with Crippen LogP contribution in [-0.4, -0.2) is 50.8 Å². The van der Waals surface area contributed by atoms with Crippen LogP contribution >= 0.6 is 0 Å². The molecule has 0 aromatic heterocycles. The van der Waals surface area contributed by atoms with E-state index in [2.05, 4.69) is 55.7 Å². The predicted molar refractivity (Wildman–Crippen MR) is 105 cm³/mol. The van der Waals surface area contributed by atoms with Crippen molar-refractivity contribution in [3.63, 3.8) is 0 Å². The van der Waals surface area contributed by atoms with Gasteiger partial charge in [-0.3, -0.25) is 4.90 Å². The molecule has 2 N–H and O–H groups in total. The average molecular weight is 336 g/mol. The Morgan fingerprint density at radius 2 is 1.83 bits per heavy atom. The molecule has 1 saturated heterocycles. The van der Waals surface area contributed by atoms with Crippen LogP contribution in [0.3, 0.4) is 0 Å². The molecule has 2 rings (SSSR count). The highest BCUT2D eigenvalue weighted by atomic mass is 16.5. The van der Waals surface area contributed by atoms with E-state index < -0.39 is 0 Å². The topological polar surface area (TPSA) is 41.7 Å². The number of aryl methyl sites for hydroxylation is 1. The maximum atomic E-state index is 5.71. The quantitative estimate of drug-likeness (QED) is 0.861. The van der Waals surface area contributed by atoms with Crippen molar-refractivity contribution in [2.24, 2.45) is 5.73 Å². The van der Waals surface area contributed by atoms with Crippen LogP contribution in [0, 0.1) is 6.92 Å². The van der Waals surface area contributed by atoms with Gasteiger partial charge in [-0.2, -0.15) is 0 Å². The second kappa shape index (κ2) is 11.3. The summed E-state index contributed by atoms with van der Waals surface area (Å²) in [6.45, 7) is 13.6. The van der Waals surface area contributed by atoms with Gasteiger partial charge in [-0.25, -0.2) is 0 Å². The first-order valence-electron chi connectivity index (χ1n) is 9.44. The van der Waals surface area contributed by atoms with Gasteiger partial charge >= 0.3 is 0 Å². The molecule has 0 amide bonds. The van der Waals surface area contributed by atoms with Crippen molar-refractivity contribution in [1.82, 2.24) is 4.90 Å². The zero-order valence-corrected chi connectivity index (χ0v) is 16.3. The number of hydrogen-bond donors (Lipinski definition) is 1. The molecule has 0 atom stereocenters. The lowest BCUT2D eigenvalue weighted by Crippen LogP contribution is -2.46. The number of ether oxygens (including phenoxy) is 1. The number of rotatable bonds is 6. The molecule has 0 bridgehead atoms. The Morgan fingerprint density at radius 1 is 1.21 bits per heavy atom. The number of nitrogens with two attached hydrogens (primary N) is 1. The molecule has 1 heterocycles. The molecule has 1 fully saturated rings. The van der Waals surface area contributed by atoms with Gasteiger partial charge < -0.3 is 15.4 Å². The van der Waals surface area contributed by atoms with Crippen LogP contribution in [0.4, 0.5) is 5.69 Å². The molecular weight excluding hydrogens is 298 g/mol. The van der Waals surface area contributed by atoms with Gasteiger partial charge in [0.05, 0.1) is 7.11 Å². The highest BCUT2D eigenvalue weighted by molar-refractivity contribution is 5.53. The minimum Gasteiger partial charge on any atom is -0.496 e. The summed E-state index contributed by atoms with van der Waals surface area (Å²) in [5.74, 6) is 0.980. The van der Waals surface area contributed by atoms with Gasteiger partial charge in [0.1, 0.15) is 5.75 Å². The van der Waals surface area contributed by atoms with E-state index in [1.807, 2.05) is 0 Å². The number of piperidine rings is 1. The minimum atomic E-state index is 0.683. The zero-order valence-electron chi connectivity index (χ0n) is 16.3. The lowest BCUT2D eigenvalue weighted by molar-refractivity contribution is 0.182. The SMILES string of the molecule is CCC.CCN(CCN)C1CCN(c2ccc(C)c(OC)c2)CC1. The van der Waals surface area contributed by atoms with Gasteiger partial charge in [0.15, 0.2) is 0 Å². The van der Waals surface area contributed by atoms with Crippen LogP contribution < -0.4 is 15.4 Å². The Balaban J connectivity index is 0.000000891.